The highest BCUT2D eigenvalue weighted by molar-refractivity contribution is 5.64. The van der Waals surface area contributed by atoms with Crippen LogP contribution in [0.15, 0.2) is 70.4 Å². The van der Waals surface area contributed by atoms with Crippen LogP contribution < -0.4 is 16.6 Å². The van der Waals surface area contributed by atoms with Crippen LogP contribution in [-0.4, -0.2) is 32.0 Å². The lowest BCUT2D eigenvalue weighted by Gasteiger charge is -2.21. The number of alkyl halides is 3. The van der Waals surface area contributed by atoms with E-state index in [1.54, 1.807) is 30.3 Å². The van der Waals surface area contributed by atoms with Gasteiger partial charge in [0.05, 0.1) is 52.1 Å². The first-order valence-electron chi connectivity index (χ1n) is 11.5. The monoisotopic (exact) mass is 506 g/mol. The molecule has 0 bridgehead atoms. The van der Waals surface area contributed by atoms with Crippen LogP contribution in [0.25, 0.3) is 22.6 Å². The molecule has 0 amide bonds. The molecule has 11 heteroatoms. The van der Waals surface area contributed by atoms with E-state index in [4.69, 9.17) is 5.26 Å². The summed E-state index contributed by atoms with van der Waals surface area (Å²) in [6.07, 6.45) is -2.59. The van der Waals surface area contributed by atoms with Crippen molar-refractivity contribution in [2.75, 3.05) is 13.1 Å². The second-order valence-electron chi connectivity index (χ2n) is 8.74. The highest BCUT2D eigenvalue weighted by atomic mass is 19.4. The number of halogens is 3. The molecule has 37 heavy (non-hydrogen) atoms. The molecule has 1 aliphatic heterocycles. The predicted octanol–water partition coefficient (Wildman–Crippen LogP) is 3.59. The second-order valence-corrected chi connectivity index (χ2v) is 8.74. The maximum atomic E-state index is 13.8. The largest absolute Gasteiger partial charge is 0.416 e. The van der Waals surface area contributed by atoms with Gasteiger partial charge in [0.1, 0.15) is 0 Å². The van der Waals surface area contributed by atoms with Gasteiger partial charge in [-0.15, -0.1) is 0 Å². The van der Waals surface area contributed by atoms with Crippen LogP contribution >= 0.6 is 0 Å². The van der Waals surface area contributed by atoms with Gasteiger partial charge in [-0.1, -0.05) is 6.07 Å². The zero-order valence-corrected chi connectivity index (χ0v) is 19.7. The molecule has 1 aliphatic rings. The summed E-state index contributed by atoms with van der Waals surface area (Å²) in [6, 6.07) is 14.2. The molecule has 1 atom stereocenters. The van der Waals surface area contributed by atoms with E-state index in [0.29, 0.717) is 36.5 Å². The summed E-state index contributed by atoms with van der Waals surface area (Å²) in [4.78, 5) is 27.5. The molecule has 5 rings (SSSR count). The molecule has 188 valence electrons. The van der Waals surface area contributed by atoms with Gasteiger partial charge >= 0.3 is 11.9 Å². The molecule has 3 heterocycles. The Kier molecular flexibility index (Phi) is 6.05. The Balaban J connectivity index is 1.80. The van der Waals surface area contributed by atoms with Crippen molar-refractivity contribution in [3.05, 3.63) is 98.5 Å². The highest BCUT2D eigenvalue weighted by Gasteiger charge is 2.32. The van der Waals surface area contributed by atoms with Crippen molar-refractivity contribution >= 4 is 0 Å². The minimum Gasteiger partial charge on any atom is -0.315 e. The first kappa shape index (κ1) is 24.3. The van der Waals surface area contributed by atoms with Crippen LogP contribution in [0.2, 0.25) is 0 Å². The van der Waals surface area contributed by atoms with Crippen LogP contribution in [0.5, 0.6) is 0 Å². The van der Waals surface area contributed by atoms with Crippen molar-refractivity contribution in [1.82, 2.24) is 24.2 Å². The van der Waals surface area contributed by atoms with Crippen molar-refractivity contribution in [3.8, 4) is 28.7 Å². The minimum absolute atomic E-state index is 0.00252. The fraction of sp³-hybridized carbons (Fsp3) is 0.231. The van der Waals surface area contributed by atoms with E-state index in [0.717, 1.165) is 21.3 Å². The maximum absolute atomic E-state index is 13.8. The number of hydrogen-bond acceptors (Lipinski definition) is 5. The Labute approximate surface area is 208 Å². The number of aromatic nitrogens is 4. The highest BCUT2D eigenvalue weighted by Crippen LogP contribution is 2.31. The molecule has 1 unspecified atom stereocenters. The third kappa shape index (κ3) is 4.25. The predicted molar refractivity (Wildman–Crippen MR) is 130 cm³/mol. The summed E-state index contributed by atoms with van der Waals surface area (Å²) in [7, 11) is 0. The van der Waals surface area contributed by atoms with Crippen molar-refractivity contribution in [1.29, 1.82) is 5.26 Å². The summed E-state index contributed by atoms with van der Waals surface area (Å²) in [5.74, 6) is 0. The number of nitriles is 1. The molecule has 2 aromatic heterocycles. The second kappa shape index (κ2) is 9.22. The number of rotatable bonds is 4. The Morgan fingerprint density at radius 2 is 1.84 bits per heavy atom. The summed E-state index contributed by atoms with van der Waals surface area (Å²) < 4.78 is 44.2. The first-order chi connectivity index (χ1) is 17.7. The van der Waals surface area contributed by atoms with Gasteiger partial charge in [-0.3, -0.25) is 13.9 Å². The quantitative estimate of drug-likeness (QED) is 0.456. The molecule has 1 saturated heterocycles. The standard InChI is InChI=1S/C26H21F3N6O2/c1-16-23(22-10-12-32-35(22)19-7-5-17(14-30)6-8-19)24(36)34(21-9-11-31-15-21)25(37)33(16)20-4-2-3-18(13-20)26(27,28)29/h2-8,10,12-13,21,31H,9,11,15H2,1H3. The lowest BCUT2D eigenvalue weighted by atomic mass is 10.1. The zero-order chi connectivity index (χ0) is 26.3. The van der Waals surface area contributed by atoms with Gasteiger partial charge in [-0.25, -0.2) is 9.48 Å². The van der Waals surface area contributed by atoms with Gasteiger partial charge < -0.3 is 5.32 Å². The molecule has 8 nitrogen and oxygen atoms in total. The molecular weight excluding hydrogens is 485 g/mol. The van der Waals surface area contributed by atoms with Gasteiger partial charge in [0, 0.05) is 12.2 Å². The Bertz CT molecular complexity index is 1640. The van der Waals surface area contributed by atoms with Gasteiger partial charge in [0.25, 0.3) is 5.56 Å². The summed E-state index contributed by atoms with van der Waals surface area (Å²) in [5.41, 5.74) is -0.432. The molecule has 0 aliphatic carbocycles. The van der Waals surface area contributed by atoms with Gasteiger partial charge in [0.15, 0.2) is 0 Å². The number of nitrogens with one attached hydrogen (secondary N) is 1. The van der Waals surface area contributed by atoms with Gasteiger partial charge in [0.2, 0.25) is 0 Å². The third-order valence-electron chi connectivity index (χ3n) is 6.50. The third-order valence-corrected chi connectivity index (χ3v) is 6.50. The summed E-state index contributed by atoms with van der Waals surface area (Å²) in [5, 5.41) is 16.6. The van der Waals surface area contributed by atoms with E-state index < -0.39 is 29.0 Å². The lowest BCUT2D eigenvalue weighted by molar-refractivity contribution is -0.137. The van der Waals surface area contributed by atoms with E-state index in [9.17, 15) is 22.8 Å². The summed E-state index contributed by atoms with van der Waals surface area (Å²) in [6.45, 7) is 2.52. The normalized spacial score (nSPS) is 15.6. The Morgan fingerprint density at radius 1 is 1.08 bits per heavy atom. The molecule has 1 fully saturated rings. The Morgan fingerprint density at radius 3 is 2.49 bits per heavy atom. The molecule has 4 aromatic rings. The van der Waals surface area contributed by atoms with E-state index in [1.165, 1.54) is 29.9 Å². The number of hydrogen-bond donors (Lipinski definition) is 1. The Hall–Kier alpha value is -4.43. The fourth-order valence-electron chi connectivity index (χ4n) is 4.70. The average Bonchev–Trinajstić information content (AvgIpc) is 3.57. The van der Waals surface area contributed by atoms with E-state index >= 15 is 0 Å². The van der Waals surface area contributed by atoms with Crippen molar-refractivity contribution in [3.63, 3.8) is 0 Å². The van der Waals surface area contributed by atoms with E-state index in [1.807, 2.05) is 6.07 Å². The first-order valence-corrected chi connectivity index (χ1v) is 11.5. The lowest BCUT2D eigenvalue weighted by Crippen LogP contribution is -2.44. The summed E-state index contributed by atoms with van der Waals surface area (Å²) >= 11 is 0. The smallest absolute Gasteiger partial charge is 0.315 e. The van der Waals surface area contributed by atoms with E-state index in [2.05, 4.69) is 10.4 Å². The van der Waals surface area contributed by atoms with Crippen LogP contribution in [-0.2, 0) is 6.18 Å². The molecule has 0 radical (unpaired) electrons. The number of nitrogens with zero attached hydrogens (tertiary/aromatic N) is 5. The zero-order valence-electron chi connectivity index (χ0n) is 19.7. The van der Waals surface area contributed by atoms with Crippen LogP contribution in [0.4, 0.5) is 13.2 Å². The van der Waals surface area contributed by atoms with Crippen molar-refractivity contribution in [2.24, 2.45) is 0 Å². The topological polar surface area (TPSA) is 97.6 Å². The molecular formula is C26H21F3N6O2. The minimum atomic E-state index is -4.60. The maximum Gasteiger partial charge on any atom is 0.416 e. The van der Waals surface area contributed by atoms with Crippen LogP contribution in [0.3, 0.4) is 0 Å². The average molecular weight is 506 g/mol. The molecule has 2 aromatic carbocycles. The SMILES string of the molecule is Cc1c(-c2ccnn2-c2ccc(C#N)cc2)c(=O)n(C2CCNC2)c(=O)n1-c1cccc(C(F)(F)F)c1. The van der Waals surface area contributed by atoms with E-state index in [-0.39, 0.29) is 16.9 Å². The molecule has 0 spiro atoms. The van der Waals surface area contributed by atoms with Crippen LogP contribution in [0.1, 0.15) is 29.3 Å². The van der Waals surface area contributed by atoms with Gasteiger partial charge in [-0.05, 0) is 68.4 Å². The fourth-order valence-corrected chi connectivity index (χ4v) is 4.70. The molecule has 0 saturated carbocycles. The molecule has 1 N–H and O–H groups in total. The number of benzene rings is 2. The van der Waals surface area contributed by atoms with Crippen molar-refractivity contribution in [2.45, 2.75) is 25.6 Å². The van der Waals surface area contributed by atoms with Crippen LogP contribution in [0, 0.1) is 18.3 Å². The van der Waals surface area contributed by atoms with Gasteiger partial charge in [-0.2, -0.15) is 23.5 Å². The van der Waals surface area contributed by atoms with Crippen molar-refractivity contribution < 1.29 is 13.2 Å².